The summed E-state index contributed by atoms with van der Waals surface area (Å²) in [5, 5.41) is 13.7. The van der Waals surface area contributed by atoms with Crippen LogP contribution in [0.3, 0.4) is 0 Å². The van der Waals surface area contributed by atoms with Crippen molar-refractivity contribution in [3.63, 3.8) is 0 Å². The molecule has 0 saturated heterocycles. The van der Waals surface area contributed by atoms with Gasteiger partial charge in [0.15, 0.2) is 0 Å². The predicted octanol–water partition coefficient (Wildman–Crippen LogP) is 2.97. The third-order valence-corrected chi connectivity index (χ3v) is 5.18. The third-order valence-electron chi connectivity index (χ3n) is 5.18. The summed E-state index contributed by atoms with van der Waals surface area (Å²) in [5.41, 5.74) is 2.01. The molecule has 0 unspecified atom stereocenters. The number of hydrogen-bond acceptors (Lipinski definition) is 3. The second kappa shape index (κ2) is 5.68. The van der Waals surface area contributed by atoms with Gasteiger partial charge in [-0.3, -0.25) is 0 Å². The fourth-order valence-corrected chi connectivity index (χ4v) is 3.56. The second-order valence-electron chi connectivity index (χ2n) is 6.70. The van der Waals surface area contributed by atoms with E-state index in [1.54, 1.807) is 17.1 Å². The monoisotopic (exact) mass is 311 g/mol. The molecular weight excluding hydrogens is 290 g/mol. The fraction of sp³-hybridized carbons (Fsp3) is 0.471. The van der Waals surface area contributed by atoms with Crippen molar-refractivity contribution in [2.75, 3.05) is 11.9 Å². The van der Waals surface area contributed by atoms with Crippen LogP contribution >= 0.6 is 0 Å². The van der Waals surface area contributed by atoms with Gasteiger partial charge in [0.1, 0.15) is 0 Å². The highest BCUT2D eigenvalue weighted by molar-refractivity contribution is 5.89. The van der Waals surface area contributed by atoms with Crippen molar-refractivity contribution in [1.82, 2.24) is 20.3 Å². The van der Waals surface area contributed by atoms with Gasteiger partial charge in [-0.05, 0) is 55.2 Å². The number of carbonyl (C=O) groups is 1. The number of benzene rings is 1. The minimum atomic E-state index is -0.132. The Hall–Kier alpha value is -2.37. The molecule has 2 aliphatic carbocycles. The van der Waals surface area contributed by atoms with E-state index in [1.165, 1.54) is 32.1 Å². The van der Waals surface area contributed by atoms with Crippen molar-refractivity contribution in [2.45, 2.75) is 32.1 Å². The first-order valence-corrected chi connectivity index (χ1v) is 8.27. The van der Waals surface area contributed by atoms with E-state index in [1.807, 2.05) is 24.3 Å². The smallest absolute Gasteiger partial charge is 0.319 e. The molecule has 4 rings (SSSR count). The lowest BCUT2D eigenvalue weighted by Gasteiger charge is -2.42. The topological polar surface area (TPSA) is 71.8 Å². The Labute approximate surface area is 135 Å². The van der Waals surface area contributed by atoms with Crippen molar-refractivity contribution >= 4 is 11.7 Å². The number of hydrogen-bond donors (Lipinski definition) is 2. The summed E-state index contributed by atoms with van der Waals surface area (Å²) in [5.74, 6) is 0.840. The molecule has 0 atom stereocenters. The molecule has 2 fully saturated rings. The molecule has 2 amide bonds. The van der Waals surface area contributed by atoms with Crippen LogP contribution in [0.5, 0.6) is 0 Å². The molecule has 1 heterocycles. The zero-order chi connectivity index (χ0) is 15.7. The molecule has 2 aliphatic rings. The number of aromatic nitrogens is 3. The van der Waals surface area contributed by atoms with Crippen LogP contribution in [0.4, 0.5) is 10.5 Å². The molecule has 1 aromatic heterocycles. The van der Waals surface area contributed by atoms with Gasteiger partial charge < -0.3 is 10.6 Å². The minimum Gasteiger partial charge on any atom is -0.337 e. The molecule has 2 saturated carbocycles. The molecule has 0 bridgehead atoms. The molecule has 23 heavy (non-hydrogen) atoms. The lowest BCUT2D eigenvalue weighted by Crippen LogP contribution is -2.44. The average molecular weight is 311 g/mol. The normalized spacial score (nSPS) is 19.0. The summed E-state index contributed by atoms with van der Waals surface area (Å²) in [4.78, 5) is 12.2. The van der Waals surface area contributed by atoms with E-state index < -0.39 is 0 Å². The van der Waals surface area contributed by atoms with Crippen LogP contribution in [-0.2, 0) is 0 Å². The second-order valence-corrected chi connectivity index (χ2v) is 6.70. The maximum absolute atomic E-state index is 12.2. The summed E-state index contributed by atoms with van der Waals surface area (Å²) in [6, 6.07) is 7.44. The molecule has 6 nitrogen and oxygen atoms in total. The highest BCUT2D eigenvalue weighted by atomic mass is 16.2. The number of amides is 2. The Morgan fingerprint density at radius 1 is 1.35 bits per heavy atom. The van der Waals surface area contributed by atoms with Gasteiger partial charge in [0.2, 0.25) is 0 Å². The lowest BCUT2D eigenvalue weighted by molar-refractivity contribution is 0.103. The van der Waals surface area contributed by atoms with E-state index in [4.69, 9.17) is 0 Å². The molecule has 0 spiro atoms. The first-order valence-electron chi connectivity index (χ1n) is 8.27. The average Bonchev–Trinajstić information content (AvgIpc) is 3.20. The fourth-order valence-electron chi connectivity index (χ4n) is 3.56. The van der Waals surface area contributed by atoms with Gasteiger partial charge in [-0.1, -0.05) is 17.7 Å². The number of rotatable bonds is 5. The SMILES string of the molecule is O=C(NCC1(C2CC2)CCC1)Nc1cccc(-n2ccnn2)c1. The molecule has 0 aliphatic heterocycles. The van der Waals surface area contributed by atoms with E-state index >= 15 is 0 Å². The van der Waals surface area contributed by atoms with E-state index in [2.05, 4.69) is 20.9 Å². The van der Waals surface area contributed by atoms with E-state index in [-0.39, 0.29) is 6.03 Å². The Morgan fingerprint density at radius 2 is 2.22 bits per heavy atom. The van der Waals surface area contributed by atoms with Crippen molar-refractivity contribution in [2.24, 2.45) is 11.3 Å². The zero-order valence-electron chi connectivity index (χ0n) is 13.0. The number of anilines is 1. The van der Waals surface area contributed by atoms with Gasteiger partial charge in [0.25, 0.3) is 0 Å². The number of carbonyl (C=O) groups excluding carboxylic acids is 1. The summed E-state index contributed by atoms with van der Waals surface area (Å²) >= 11 is 0. The Kier molecular flexibility index (Phi) is 3.52. The molecule has 2 aromatic rings. The van der Waals surface area contributed by atoms with E-state index in [9.17, 15) is 4.79 Å². The van der Waals surface area contributed by atoms with Crippen LogP contribution in [-0.4, -0.2) is 27.6 Å². The van der Waals surface area contributed by atoms with Crippen molar-refractivity contribution in [3.05, 3.63) is 36.7 Å². The Balaban J connectivity index is 1.36. The Morgan fingerprint density at radius 3 is 2.87 bits per heavy atom. The van der Waals surface area contributed by atoms with Gasteiger partial charge >= 0.3 is 6.03 Å². The van der Waals surface area contributed by atoms with Gasteiger partial charge in [-0.2, -0.15) is 0 Å². The molecule has 6 heteroatoms. The predicted molar refractivity (Wildman–Crippen MR) is 87.4 cm³/mol. The number of nitrogens with zero attached hydrogens (tertiary/aromatic N) is 3. The molecule has 0 radical (unpaired) electrons. The van der Waals surface area contributed by atoms with Gasteiger partial charge in [-0.15, -0.1) is 5.10 Å². The van der Waals surface area contributed by atoms with Gasteiger partial charge in [-0.25, -0.2) is 9.48 Å². The molecule has 120 valence electrons. The lowest BCUT2D eigenvalue weighted by atomic mass is 9.65. The van der Waals surface area contributed by atoms with Gasteiger partial charge in [0, 0.05) is 12.2 Å². The quantitative estimate of drug-likeness (QED) is 0.891. The molecule has 2 N–H and O–H groups in total. The number of urea groups is 1. The molecule has 1 aromatic carbocycles. The van der Waals surface area contributed by atoms with Crippen molar-refractivity contribution in [3.8, 4) is 5.69 Å². The van der Waals surface area contributed by atoms with Crippen molar-refractivity contribution in [1.29, 1.82) is 0 Å². The van der Waals surface area contributed by atoms with Crippen LogP contribution in [0.2, 0.25) is 0 Å². The van der Waals surface area contributed by atoms with Crippen LogP contribution < -0.4 is 10.6 Å². The maximum atomic E-state index is 12.2. The van der Waals surface area contributed by atoms with Crippen LogP contribution in [0.25, 0.3) is 5.69 Å². The highest BCUT2D eigenvalue weighted by Gasteiger charge is 2.48. The largest absolute Gasteiger partial charge is 0.337 e. The highest BCUT2D eigenvalue weighted by Crippen LogP contribution is 2.56. The first-order chi connectivity index (χ1) is 11.3. The molecular formula is C17H21N5O. The van der Waals surface area contributed by atoms with E-state index in [0.29, 0.717) is 5.41 Å². The minimum absolute atomic E-state index is 0.132. The number of nitrogens with one attached hydrogen (secondary N) is 2. The summed E-state index contributed by atoms with van der Waals surface area (Å²) < 4.78 is 1.67. The maximum Gasteiger partial charge on any atom is 0.319 e. The van der Waals surface area contributed by atoms with Crippen molar-refractivity contribution < 1.29 is 4.79 Å². The standard InChI is InChI=1S/C17H21N5O/c23-16(18-12-17(7-2-8-17)13-5-6-13)20-14-3-1-4-15(11-14)22-10-9-19-21-22/h1,3-4,9-11,13H,2,5-8,12H2,(H2,18,20,23). The van der Waals surface area contributed by atoms with E-state index in [0.717, 1.165) is 23.8 Å². The van der Waals surface area contributed by atoms with Crippen LogP contribution in [0.15, 0.2) is 36.7 Å². The summed E-state index contributed by atoms with van der Waals surface area (Å²) in [6.45, 7) is 0.798. The summed E-state index contributed by atoms with van der Waals surface area (Å²) in [6.07, 6.45) is 9.91. The summed E-state index contributed by atoms with van der Waals surface area (Å²) in [7, 11) is 0. The third kappa shape index (κ3) is 2.93. The zero-order valence-corrected chi connectivity index (χ0v) is 13.0. The first kappa shape index (κ1) is 14.2. The Bertz CT molecular complexity index is 689. The van der Waals surface area contributed by atoms with Crippen LogP contribution in [0.1, 0.15) is 32.1 Å². The van der Waals surface area contributed by atoms with Gasteiger partial charge in [0.05, 0.1) is 18.1 Å². The van der Waals surface area contributed by atoms with Crippen LogP contribution in [0, 0.1) is 11.3 Å².